The molecular weight excluding hydrogens is 250 g/mol. The van der Waals surface area contributed by atoms with Gasteiger partial charge in [-0.3, -0.25) is 4.79 Å². The van der Waals surface area contributed by atoms with E-state index in [1.807, 2.05) is 24.3 Å². The minimum atomic E-state index is -0.0510. The average molecular weight is 268 g/mol. The van der Waals surface area contributed by atoms with Gasteiger partial charge in [-0.15, -0.1) is 0 Å². The van der Waals surface area contributed by atoms with Gasteiger partial charge < -0.3 is 16.4 Å². The molecule has 0 bridgehead atoms. The highest BCUT2D eigenvalue weighted by Gasteiger charge is 2.24. The van der Waals surface area contributed by atoms with Gasteiger partial charge in [0.15, 0.2) is 0 Å². The highest BCUT2D eigenvalue weighted by atomic mass is 35.5. The summed E-state index contributed by atoms with van der Waals surface area (Å²) in [6.45, 7) is 0.417. The molecule has 0 radical (unpaired) electrons. The van der Waals surface area contributed by atoms with Crippen molar-refractivity contribution in [3.8, 4) is 0 Å². The summed E-state index contributed by atoms with van der Waals surface area (Å²) in [4.78, 5) is 11.7. The normalized spacial score (nSPS) is 16.1. The molecule has 4 N–H and O–H groups in total. The maximum atomic E-state index is 11.7. The highest BCUT2D eigenvalue weighted by Crippen LogP contribution is 2.19. The molecule has 2 rings (SSSR count). The highest BCUT2D eigenvalue weighted by molar-refractivity contribution is 6.30. The first-order valence-corrected chi connectivity index (χ1v) is 6.56. The number of carbonyl (C=O) groups excluding carboxylic acids is 1. The topological polar surface area (TPSA) is 67.2 Å². The second-order valence-corrected chi connectivity index (χ2v) is 5.07. The van der Waals surface area contributed by atoms with E-state index >= 15 is 0 Å². The number of nitrogens with two attached hydrogens (primary N) is 1. The Morgan fingerprint density at radius 2 is 2.06 bits per heavy atom. The van der Waals surface area contributed by atoms with Crippen LogP contribution in [0.1, 0.15) is 19.3 Å². The standard InChI is InChI=1S/C13H18ClN3O/c14-9-1-3-10(4-2-9)16-12(8-15)7-13(18)17-11-5-6-11/h1-4,11-12,16H,5-8,15H2,(H,17,18). The Morgan fingerprint density at radius 3 is 2.61 bits per heavy atom. The van der Waals surface area contributed by atoms with Crippen LogP contribution in [-0.2, 0) is 4.79 Å². The number of nitrogens with one attached hydrogen (secondary N) is 2. The average Bonchev–Trinajstić information content (AvgIpc) is 3.15. The Morgan fingerprint density at radius 1 is 1.39 bits per heavy atom. The molecule has 1 aromatic rings. The van der Waals surface area contributed by atoms with E-state index in [4.69, 9.17) is 17.3 Å². The van der Waals surface area contributed by atoms with E-state index in [1.54, 1.807) is 0 Å². The Kier molecular flexibility index (Phi) is 4.44. The van der Waals surface area contributed by atoms with Crippen molar-refractivity contribution in [3.63, 3.8) is 0 Å². The molecule has 1 atom stereocenters. The lowest BCUT2D eigenvalue weighted by molar-refractivity contribution is -0.121. The van der Waals surface area contributed by atoms with Crippen LogP contribution >= 0.6 is 11.6 Å². The van der Waals surface area contributed by atoms with Crippen molar-refractivity contribution in [1.82, 2.24) is 5.32 Å². The SMILES string of the molecule is NCC(CC(=O)NC1CC1)Nc1ccc(Cl)cc1. The Balaban J connectivity index is 1.83. The van der Waals surface area contributed by atoms with Gasteiger partial charge in [-0.2, -0.15) is 0 Å². The third-order valence-electron chi connectivity index (χ3n) is 2.87. The molecule has 0 spiro atoms. The lowest BCUT2D eigenvalue weighted by Crippen LogP contribution is -2.36. The summed E-state index contributed by atoms with van der Waals surface area (Å²) in [7, 11) is 0. The second-order valence-electron chi connectivity index (χ2n) is 4.63. The first-order chi connectivity index (χ1) is 8.67. The molecule has 1 aliphatic rings. The van der Waals surface area contributed by atoms with Crippen LogP contribution in [0, 0.1) is 0 Å². The van der Waals surface area contributed by atoms with Crippen LogP contribution in [-0.4, -0.2) is 24.5 Å². The van der Waals surface area contributed by atoms with Crippen molar-refractivity contribution >= 4 is 23.2 Å². The molecule has 1 aromatic carbocycles. The third kappa shape index (κ3) is 4.20. The third-order valence-corrected chi connectivity index (χ3v) is 3.13. The molecule has 1 saturated carbocycles. The van der Waals surface area contributed by atoms with E-state index in [-0.39, 0.29) is 11.9 Å². The molecule has 5 heteroatoms. The quantitative estimate of drug-likeness (QED) is 0.736. The van der Waals surface area contributed by atoms with E-state index in [0.717, 1.165) is 18.5 Å². The predicted octanol–water partition coefficient (Wildman–Crippen LogP) is 1.75. The summed E-state index contributed by atoms with van der Waals surface area (Å²) >= 11 is 5.81. The van der Waals surface area contributed by atoms with Gasteiger partial charge in [0.05, 0.1) is 0 Å². The zero-order chi connectivity index (χ0) is 13.0. The number of benzene rings is 1. The number of hydrogen-bond acceptors (Lipinski definition) is 3. The lowest BCUT2D eigenvalue weighted by Gasteiger charge is -2.17. The lowest BCUT2D eigenvalue weighted by atomic mass is 10.2. The van der Waals surface area contributed by atoms with E-state index in [1.165, 1.54) is 0 Å². The van der Waals surface area contributed by atoms with Crippen molar-refractivity contribution in [3.05, 3.63) is 29.3 Å². The molecule has 1 unspecified atom stereocenters. The van der Waals surface area contributed by atoms with E-state index < -0.39 is 0 Å². The molecule has 0 heterocycles. The van der Waals surface area contributed by atoms with Crippen LogP contribution in [0.4, 0.5) is 5.69 Å². The van der Waals surface area contributed by atoms with E-state index in [2.05, 4.69) is 10.6 Å². The van der Waals surface area contributed by atoms with Crippen molar-refractivity contribution in [2.75, 3.05) is 11.9 Å². The molecule has 0 aromatic heterocycles. The Hall–Kier alpha value is -1.26. The summed E-state index contributed by atoms with van der Waals surface area (Å²) in [6, 6.07) is 7.72. The monoisotopic (exact) mass is 267 g/mol. The molecule has 4 nitrogen and oxygen atoms in total. The summed E-state index contributed by atoms with van der Waals surface area (Å²) in [6.07, 6.45) is 2.60. The zero-order valence-corrected chi connectivity index (χ0v) is 10.9. The van der Waals surface area contributed by atoms with E-state index in [0.29, 0.717) is 24.0 Å². The van der Waals surface area contributed by atoms with Gasteiger partial charge in [0.1, 0.15) is 0 Å². The van der Waals surface area contributed by atoms with Crippen LogP contribution in [0.3, 0.4) is 0 Å². The van der Waals surface area contributed by atoms with Gasteiger partial charge in [0.25, 0.3) is 0 Å². The van der Waals surface area contributed by atoms with Crippen molar-refractivity contribution in [2.45, 2.75) is 31.3 Å². The number of anilines is 1. The van der Waals surface area contributed by atoms with Crippen molar-refractivity contribution < 1.29 is 4.79 Å². The summed E-state index contributed by atoms with van der Waals surface area (Å²) in [5.41, 5.74) is 6.60. The molecule has 1 fully saturated rings. The van der Waals surface area contributed by atoms with Crippen LogP contribution in [0.2, 0.25) is 5.02 Å². The second kappa shape index (κ2) is 6.07. The molecule has 98 valence electrons. The van der Waals surface area contributed by atoms with Gasteiger partial charge in [0.2, 0.25) is 5.91 Å². The minimum absolute atomic E-state index is 0.0510. The van der Waals surface area contributed by atoms with Gasteiger partial charge in [-0.05, 0) is 37.1 Å². The van der Waals surface area contributed by atoms with Gasteiger partial charge in [-0.1, -0.05) is 11.6 Å². The van der Waals surface area contributed by atoms with Gasteiger partial charge in [-0.25, -0.2) is 0 Å². The molecule has 0 aliphatic heterocycles. The largest absolute Gasteiger partial charge is 0.381 e. The fourth-order valence-electron chi connectivity index (χ4n) is 1.71. The summed E-state index contributed by atoms with van der Waals surface area (Å²) in [5.74, 6) is 0.0643. The number of rotatable bonds is 6. The minimum Gasteiger partial charge on any atom is -0.381 e. The summed E-state index contributed by atoms with van der Waals surface area (Å²) < 4.78 is 0. The predicted molar refractivity (Wildman–Crippen MR) is 73.7 cm³/mol. The van der Waals surface area contributed by atoms with Gasteiger partial charge >= 0.3 is 0 Å². The van der Waals surface area contributed by atoms with E-state index in [9.17, 15) is 4.79 Å². The van der Waals surface area contributed by atoms with Crippen molar-refractivity contribution in [2.24, 2.45) is 5.73 Å². The Labute approximate surface area is 112 Å². The zero-order valence-electron chi connectivity index (χ0n) is 10.2. The fraction of sp³-hybridized carbons (Fsp3) is 0.462. The smallest absolute Gasteiger partial charge is 0.222 e. The molecule has 1 aliphatic carbocycles. The maximum Gasteiger partial charge on any atom is 0.222 e. The molecule has 1 amide bonds. The number of halogens is 1. The fourth-order valence-corrected chi connectivity index (χ4v) is 1.84. The van der Waals surface area contributed by atoms with Crippen LogP contribution in [0.25, 0.3) is 0 Å². The van der Waals surface area contributed by atoms with Crippen molar-refractivity contribution in [1.29, 1.82) is 0 Å². The first kappa shape index (κ1) is 13.2. The van der Waals surface area contributed by atoms with Crippen LogP contribution in [0.15, 0.2) is 24.3 Å². The Bertz CT molecular complexity index is 403. The number of amides is 1. The maximum absolute atomic E-state index is 11.7. The van der Waals surface area contributed by atoms with Crippen LogP contribution in [0.5, 0.6) is 0 Å². The number of hydrogen-bond donors (Lipinski definition) is 3. The molecule has 0 saturated heterocycles. The van der Waals surface area contributed by atoms with Crippen LogP contribution < -0.4 is 16.4 Å². The summed E-state index contributed by atoms with van der Waals surface area (Å²) in [5, 5.41) is 6.88. The number of carbonyl (C=O) groups is 1. The first-order valence-electron chi connectivity index (χ1n) is 6.19. The molecule has 18 heavy (non-hydrogen) atoms. The van der Waals surface area contributed by atoms with Gasteiger partial charge in [0, 0.05) is 35.8 Å². The molecular formula is C13H18ClN3O.